The Morgan fingerprint density at radius 3 is 2.65 bits per heavy atom. The van der Waals surface area contributed by atoms with Crippen molar-refractivity contribution in [2.24, 2.45) is 0 Å². The maximum Gasteiger partial charge on any atom is 0.234 e. The summed E-state index contributed by atoms with van der Waals surface area (Å²) in [6.45, 7) is 6.57. The Kier molecular flexibility index (Phi) is 6.02. The zero-order chi connectivity index (χ0) is 14.2. The molecule has 20 heavy (non-hydrogen) atoms. The van der Waals surface area contributed by atoms with Crippen LogP contribution in [0.3, 0.4) is 0 Å². The van der Waals surface area contributed by atoms with Gasteiger partial charge in [-0.3, -0.25) is 4.79 Å². The average molecular weight is 275 g/mol. The lowest BCUT2D eigenvalue weighted by Crippen LogP contribution is -2.42. The Hall–Kier alpha value is -1.39. The van der Waals surface area contributed by atoms with Crippen LogP contribution in [0.4, 0.5) is 0 Å². The van der Waals surface area contributed by atoms with Crippen LogP contribution in [-0.2, 0) is 11.3 Å². The van der Waals surface area contributed by atoms with Crippen molar-refractivity contribution in [2.75, 3.05) is 26.2 Å². The van der Waals surface area contributed by atoms with Gasteiger partial charge in [-0.05, 0) is 38.4 Å². The largest absolute Gasteiger partial charge is 0.351 e. The lowest BCUT2D eigenvalue weighted by molar-refractivity contribution is -0.120. The van der Waals surface area contributed by atoms with Gasteiger partial charge in [0.15, 0.2) is 0 Å². The molecular weight excluding hydrogens is 250 g/mol. The smallest absolute Gasteiger partial charge is 0.234 e. The van der Waals surface area contributed by atoms with E-state index in [1.807, 2.05) is 30.3 Å². The molecule has 110 valence electrons. The average Bonchev–Trinajstić information content (AvgIpc) is 2.97. The van der Waals surface area contributed by atoms with Crippen LogP contribution in [-0.4, -0.2) is 43.0 Å². The number of hydrogen-bond donors (Lipinski definition) is 2. The van der Waals surface area contributed by atoms with Crippen LogP contribution in [0.5, 0.6) is 0 Å². The van der Waals surface area contributed by atoms with Crippen LogP contribution in [0.15, 0.2) is 30.3 Å². The van der Waals surface area contributed by atoms with E-state index < -0.39 is 0 Å². The summed E-state index contributed by atoms with van der Waals surface area (Å²) in [5.74, 6) is 0.0575. The fourth-order valence-corrected chi connectivity index (χ4v) is 2.54. The van der Waals surface area contributed by atoms with E-state index in [0.717, 1.165) is 12.1 Å². The van der Waals surface area contributed by atoms with Crippen molar-refractivity contribution in [3.05, 3.63) is 35.9 Å². The number of amides is 1. The van der Waals surface area contributed by atoms with Crippen molar-refractivity contribution in [3.8, 4) is 0 Å². The molecule has 4 nitrogen and oxygen atoms in total. The van der Waals surface area contributed by atoms with Crippen LogP contribution in [0, 0.1) is 0 Å². The summed E-state index contributed by atoms with van der Waals surface area (Å²) in [6, 6.07) is 10.3. The number of carbonyl (C=O) groups is 1. The molecule has 1 aromatic rings. The van der Waals surface area contributed by atoms with Gasteiger partial charge in [0, 0.05) is 19.1 Å². The van der Waals surface area contributed by atoms with Crippen LogP contribution in [0.1, 0.15) is 25.3 Å². The standard InChI is InChI=1S/C16H25N3O/c1-14(13-19-9-5-6-10-19)17-12-16(20)18-11-15-7-3-2-4-8-15/h2-4,7-8,14,17H,5-6,9-13H2,1H3,(H,18,20). The van der Waals surface area contributed by atoms with Gasteiger partial charge in [0.2, 0.25) is 5.91 Å². The molecule has 0 saturated carbocycles. The molecule has 1 atom stereocenters. The summed E-state index contributed by atoms with van der Waals surface area (Å²) in [4.78, 5) is 14.2. The molecule has 2 N–H and O–H groups in total. The zero-order valence-corrected chi connectivity index (χ0v) is 12.3. The molecule has 0 aromatic heterocycles. The van der Waals surface area contributed by atoms with Crippen molar-refractivity contribution in [2.45, 2.75) is 32.4 Å². The number of rotatable bonds is 7. The second kappa shape index (κ2) is 8.02. The Bertz CT molecular complexity index is 401. The molecule has 0 spiro atoms. The molecule has 1 aliphatic heterocycles. The monoisotopic (exact) mass is 275 g/mol. The van der Waals surface area contributed by atoms with Gasteiger partial charge in [0.1, 0.15) is 0 Å². The lowest BCUT2D eigenvalue weighted by atomic mass is 10.2. The molecular formula is C16H25N3O. The van der Waals surface area contributed by atoms with Gasteiger partial charge in [-0.25, -0.2) is 0 Å². The van der Waals surface area contributed by atoms with E-state index in [2.05, 4.69) is 22.5 Å². The van der Waals surface area contributed by atoms with Crippen LogP contribution in [0.25, 0.3) is 0 Å². The molecule has 1 aliphatic rings. The Morgan fingerprint density at radius 2 is 1.95 bits per heavy atom. The van der Waals surface area contributed by atoms with Gasteiger partial charge in [-0.2, -0.15) is 0 Å². The summed E-state index contributed by atoms with van der Waals surface area (Å²) >= 11 is 0. The Morgan fingerprint density at radius 1 is 1.25 bits per heavy atom. The molecule has 1 fully saturated rings. The fourth-order valence-electron chi connectivity index (χ4n) is 2.54. The SMILES string of the molecule is CC(CN1CCCC1)NCC(=O)NCc1ccccc1. The number of nitrogens with one attached hydrogen (secondary N) is 2. The van der Waals surface area contributed by atoms with Gasteiger partial charge in [-0.1, -0.05) is 30.3 Å². The molecule has 0 bridgehead atoms. The minimum absolute atomic E-state index is 0.0575. The molecule has 1 heterocycles. The third-order valence-corrected chi connectivity index (χ3v) is 3.67. The molecule has 0 aliphatic carbocycles. The predicted molar refractivity (Wildman–Crippen MR) is 81.4 cm³/mol. The third kappa shape index (κ3) is 5.31. The second-order valence-electron chi connectivity index (χ2n) is 5.55. The topological polar surface area (TPSA) is 44.4 Å². The first-order chi connectivity index (χ1) is 9.74. The molecule has 2 rings (SSSR count). The van der Waals surface area contributed by atoms with E-state index in [9.17, 15) is 4.79 Å². The van der Waals surface area contributed by atoms with Gasteiger partial charge >= 0.3 is 0 Å². The number of benzene rings is 1. The van der Waals surface area contributed by atoms with Crippen LogP contribution in [0.2, 0.25) is 0 Å². The van der Waals surface area contributed by atoms with E-state index in [1.165, 1.54) is 25.9 Å². The quantitative estimate of drug-likeness (QED) is 0.790. The Labute approximate surface area is 121 Å². The first-order valence-corrected chi connectivity index (χ1v) is 7.50. The van der Waals surface area contributed by atoms with Crippen LogP contribution >= 0.6 is 0 Å². The van der Waals surface area contributed by atoms with Crippen LogP contribution < -0.4 is 10.6 Å². The maximum absolute atomic E-state index is 11.8. The van der Waals surface area contributed by atoms with Gasteiger partial charge in [0.05, 0.1) is 6.54 Å². The van der Waals surface area contributed by atoms with Crippen molar-refractivity contribution < 1.29 is 4.79 Å². The molecule has 1 amide bonds. The summed E-state index contributed by atoms with van der Waals surface area (Å²) in [6.07, 6.45) is 2.62. The minimum atomic E-state index is 0.0575. The molecule has 1 aromatic carbocycles. The van der Waals surface area contributed by atoms with Gasteiger partial charge < -0.3 is 15.5 Å². The molecule has 4 heteroatoms. The number of likely N-dealkylation sites (tertiary alicyclic amines) is 1. The van der Waals surface area contributed by atoms with Gasteiger partial charge in [-0.15, -0.1) is 0 Å². The highest BCUT2D eigenvalue weighted by Crippen LogP contribution is 2.07. The van der Waals surface area contributed by atoms with Crippen molar-refractivity contribution in [1.82, 2.24) is 15.5 Å². The van der Waals surface area contributed by atoms with E-state index in [-0.39, 0.29) is 5.91 Å². The summed E-state index contributed by atoms with van der Waals surface area (Å²) in [7, 11) is 0. The first kappa shape index (κ1) is 15.0. The molecule has 0 radical (unpaired) electrons. The predicted octanol–water partition coefficient (Wildman–Crippen LogP) is 1.38. The highest BCUT2D eigenvalue weighted by atomic mass is 16.1. The normalized spacial score (nSPS) is 17.1. The summed E-state index contributed by atoms with van der Waals surface area (Å²) < 4.78 is 0. The van der Waals surface area contributed by atoms with E-state index in [0.29, 0.717) is 19.1 Å². The summed E-state index contributed by atoms with van der Waals surface area (Å²) in [5.41, 5.74) is 1.13. The van der Waals surface area contributed by atoms with E-state index in [1.54, 1.807) is 0 Å². The first-order valence-electron chi connectivity index (χ1n) is 7.50. The molecule has 1 unspecified atom stereocenters. The Balaban J connectivity index is 1.59. The third-order valence-electron chi connectivity index (χ3n) is 3.67. The fraction of sp³-hybridized carbons (Fsp3) is 0.562. The van der Waals surface area contributed by atoms with Crippen molar-refractivity contribution in [1.29, 1.82) is 0 Å². The van der Waals surface area contributed by atoms with E-state index >= 15 is 0 Å². The van der Waals surface area contributed by atoms with Crippen molar-refractivity contribution in [3.63, 3.8) is 0 Å². The number of carbonyl (C=O) groups excluding carboxylic acids is 1. The van der Waals surface area contributed by atoms with Gasteiger partial charge in [0.25, 0.3) is 0 Å². The lowest BCUT2D eigenvalue weighted by Gasteiger charge is -2.21. The zero-order valence-electron chi connectivity index (χ0n) is 12.3. The maximum atomic E-state index is 11.8. The van der Waals surface area contributed by atoms with E-state index in [4.69, 9.17) is 0 Å². The highest BCUT2D eigenvalue weighted by Gasteiger charge is 2.14. The number of nitrogens with zero attached hydrogens (tertiary/aromatic N) is 1. The summed E-state index contributed by atoms with van der Waals surface area (Å²) in [5, 5.41) is 6.22. The highest BCUT2D eigenvalue weighted by molar-refractivity contribution is 5.77. The molecule has 1 saturated heterocycles. The van der Waals surface area contributed by atoms with Crippen molar-refractivity contribution >= 4 is 5.91 Å². The minimum Gasteiger partial charge on any atom is -0.351 e. The second-order valence-corrected chi connectivity index (χ2v) is 5.55. The number of hydrogen-bond acceptors (Lipinski definition) is 3.